The Morgan fingerprint density at radius 1 is 1.14 bits per heavy atom. The average molecular weight is 294 g/mol. The van der Waals surface area contributed by atoms with Crippen LogP contribution in [0.4, 0.5) is 5.69 Å². The number of hydrogen-bond donors (Lipinski definition) is 4. The molecule has 1 fully saturated rings. The first-order chi connectivity index (χ1) is 10.1. The summed E-state index contributed by atoms with van der Waals surface area (Å²) >= 11 is 0. The molecule has 1 saturated heterocycles. The van der Waals surface area contributed by atoms with Crippen LogP contribution in [0.2, 0.25) is 0 Å². The van der Waals surface area contributed by atoms with E-state index < -0.39 is 0 Å². The van der Waals surface area contributed by atoms with Crippen molar-refractivity contribution in [3.05, 3.63) is 29.8 Å². The van der Waals surface area contributed by atoms with Gasteiger partial charge in [-0.05, 0) is 37.5 Å². The first kappa shape index (κ1) is 16.2. The quantitative estimate of drug-likeness (QED) is 0.620. The maximum Gasteiger partial charge on any atom is 0.0607 e. The lowest BCUT2D eigenvalue weighted by Gasteiger charge is -2.31. The first-order valence-corrected chi connectivity index (χ1v) is 7.64. The summed E-state index contributed by atoms with van der Waals surface area (Å²) in [5.74, 6) is 0. The monoisotopic (exact) mass is 294 g/mol. The van der Waals surface area contributed by atoms with Crippen molar-refractivity contribution in [1.82, 2.24) is 5.32 Å². The molecular formula is C16H26N2O3. The van der Waals surface area contributed by atoms with Crippen molar-refractivity contribution in [3.63, 3.8) is 0 Å². The maximum absolute atomic E-state index is 9.55. The maximum atomic E-state index is 9.55. The summed E-state index contributed by atoms with van der Waals surface area (Å²) in [4.78, 5) is 2.29. The van der Waals surface area contributed by atoms with Gasteiger partial charge in [-0.2, -0.15) is 0 Å². The molecular weight excluding hydrogens is 268 g/mol. The van der Waals surface area contributed by atoms with E-state index in [1.165, 1.54) is 5.69 Å². The molecule has 0 aromatic heterocycles. The Hall–Kier alpha value is -1.14. The van der Waals surface area contributed by atoms with Crippen LogP contribution in [0.25, 0.3) is 0 Å². The third-order valence-electron chi connectivity index (χ3n) is 4.15. The second kappa shape index (κ2) is 7.75. The average Bonchev–Trinajstić information content (AvgIpc) is 2.53. The molecule has 1 heterocycles. The Kier molecular flexibility index (Phi) is 5.99. The lowest BCUT2D eigenvalue weighted by atomic mass is 10.0. The van der Waals surface area contributed by atoms with E-state index in [0.717, 1.165) is 31.5 Å². The summed E-state index contributed by atoms with van der Waals surface area (Å²) in [5.41, 5.74) is 2.31. The predicted octanol–water partition coefficient (Wildman–Crippen LogP) is 0.651. The molecule has 21 heavy (non-hydrogen) atoms. The summed E-state index contributed by atoms with van der Waals surface area (Å²) in [6, 6.07) is 8.12. The SMILES string of the molecule is CC(NC(CO)CO)c1ccc(N2CCC(O)CC2)cc1. The zero-order chi connectivity index (χ0) is 15.2. The summed E-state index contributed by atoms with van der Waals surface area (Å²) in [5, 5.41) is 31.0. The molecule has 4 N–H and O–H groups in total. The highest BCUT2D eigenvalue weighted by molar-refractivity contribution is 5.48. The van der Waals surface area contributed by atoms with Crippen LogP contribution < -0.4 is 10.2 Å². The van der Waals surface area contributed by atoms with Crippen LogP contribution in [0.1, 0.15) is 31.4 Å². The molecule has 0 spiro atoms. The summed E-state index contributed by atoms with van der Waals surface area (Å²) in [6.45, 7) is 3.66. The summed E-state index contributed by atoms with van der Waals surface area (Å²) in [6.07, 6.45) is 1.50. The van der Waals surface area contributed by atoms with Gasteiger partial charge in [0.25, 0.3) is 0 Å². The standard InChI is InChI=1S/C16H26N2O3/c1-12(17-14(10-19)11-20)13-2-4-15(5-3-13)18-8-6-16(21)7-9-18/h2-5,12,14,16-17,19-21H,6-11H2,1H3. The van der Waals surface area contributed by atoms with Crippen LogP contribution in [-0.2, 0) is 0 Å². The number of hydrogen-bond acceptors (Lipinski definition) is 5. The number of nitrogens with zero attached hydrogens (tertiary/aromatic N) is 1. The molecule has 1 aliphatic rings. The van der Waals surface area contributed by atoms with Crippen LogP contribution >= 0.6 is 0 Å². The van der Waals surface area contributed by atoms with Crippen molar-refractivity contribution in [1.29, 1.82) is 0 Å². The minimum atomic E-state index is -0.289. The molecule has 1 aromatic rings. The zero-order valence-electron chi connectivity index (χ0n) is 12.6. The van der Waals surface area contributed by atoms with Crippen LogP contribution in [0.5, 0.6) is 0 Å². The molecule has 5 heteroatoms. The molecule has 1 aromatic carbocycles. The van der Waals surface area contributed by atoms with E-state index in [-0.39, 0.29) is 31.4 Å². The van der Waals surface area contributed by atoms with Gasteiger partial charge < -0.3 is 25.5 Å². The van der Waals surface area contributed by atoms with Crippen LogP contribution in [0, 0.1) is 0 Å². The van der Waals surface area contributed by atoms with E-state index in [4.69, 9.17) is 10.2 Å². The van der Waals surface area contributed by atoms with Gasteiger partial charge in [0.1, 0.15) is 0 Å². The Bertz CT molecular complexity index is 412. The van der Waals surface area contributed by atoms with E-state index in [2.05, 4.69) is 34.5 Å². The number of piperidine rings is 1. The number of benzene rings is 1. The van der Waals surface area contributed by atoms with Gasteiger partial charge in [-0.25, -0.2) is 0 Å². The van der Waals surface area contributed by atoms with Gasteiger partial charge in [0.2, 0.25) is 0 Å². The fourth-order valence-electron chi connectivity index (χ4n) is 2.71. The summed E-state index contributed by atoms with van der Waals surface area (Å²) in [7, 11) is 0. The van der Waals surface area contributed by atoms with E-state index in [1.807, 2.05) is 6.92 Å². The van der Waals surface area contributed by atoms with Crippen LogP contribution in [0.3, 0.4) is 0 Å². The van der Waals surface area contributed by atoms with Crippen LogP contribution in [-0.4, -0.2) is 53.8 Å². The van der Waals surface area contributed by atoms with Crippen molar-refractivity contribution >= 4 is 5.69 Å². The molecule has 0 radical (unpaired) electrons. The minimum absolute atomic E-state index is 0.0744. The largest absolute Gasteiger partial charge is 0.395 e. The van der Waals surface area contributed by atoms with Gasteiger partial charge in [-0.15, -0.1) is 0 Å². The van der Waals surface area contributed by atoms with Gasteiger partial charge in [-0.1, -0.05) is 12.1 Å². The van der Waals surface area contributed by atoms with E-state index in [0.29, 0.717) is 0 Å². The van der Waals surface area contributed by atoms with Gasteiger partial charge in [0.15, 0.2) is 0 Å². The van der Waals surface area contributed by atoms with Crippen molar-refractivity contribution in [2.75, 3.05) is 31.2 Å². The summed E-state index contributed by atoms with van der Waals surface area (Å²) < 4.78 is 0. The first-order valence-electron chi connectivity index (χ1n) is 7.64. The minimum Gasteiger partial charge on any atom is -0.395 e. The molecule has 0 aliphatic carbocycles. The smallest absolute Gasteiger partial charge is 0.0607 e. The normalized spacial score (nSPS) is 18.2. The predicted molar refractivity (Wildman–Crippen MR) is 83.4 cm³/mol. The Morgan fingerprint density at radius 2 is 1.71 bits per heavy atom. The van der Waals surface area contributed by atoms with Gasteiger partial charge >= 0.3 is 0 Å². The number of anilines is 1. The Labute approximate surface area is 126 Å². The number of nitrogens with one attached hydrogen (secondary N) is 1. The van der Waals surface area contributed by atoms with Gasteiger partial charge in [-0.3, -0.25) is 0 Å². The molecule has 1 unspecified atom stereocenters. The van der Waals surface area contributed by atoms with Gasteiger partial charge in [0, 0.05) is 24.8 Å². The van der Waals surface area contributed by atoms with E-state index >= 15 is 0 Å². The molecule has 2 rings (SSSR count). The second-order valence-corrected chi connectivity index (χ2v) is 5.76. The zero-order valence-corrected chi connectivity index (χ0v) is 12.6. The molecule has 0 saturated carbocycles. The van der Waals surface area contributed by atoms with Crippen molar-refractivity contribution in [3.8, 4) is 0 Å². The fourth-order valence-corrected chi connectivity index (χ4v) is 2.71. The molecule has 1 atom stereocenters. The molecule has 1 aliphatic heterocycles. The fraction of sp³-hybridized carbons (Fsp3) is 0.625. The molecule has 0 amide bonds. The Morgan fingerprint density at radius 3 is 2.24 bits per heavy atom. The van der Waals surface area contributed by atoms with Crippen molar-refractivity contribution < 1.29 is 15.3 Å². The van der Waals surface area contributed by atoms with Crippen molar-refractivity contribution in [2.45, 2.75) is 38.0 Å². The van der Waals surface area contributed by atoms with E-state index in [1.54, 1.807) is 0 Å². The lowest BCUT2D eigenvalue weighted by molar-refractivity contribution is 0.145. The highest BCUT2D eigenvalue weighted by Gasteiger charge is 2.17. The van der Waals surface area contributed by atoms with Crippen molar-refractivity contribution in [2.24, 2.45) is 0 Å². The third kappa shape index (κ3) is 4.41. The number of aliphatic hydroxyl groups is 3. The molecule has 5 nitrogen and oxygen atoms in total. The Balaban J connectivity index is 1.95. The molecule has 118 valence electrons. The van der Waals surface area contributed by atoms with E-state index in [9.17, 15) is 5.11 Å². The second-order valence-electron chi connectivity index (χ2n) is 5.76. The van der Waals surface area contributed by atoms with Gasteiger partial charge in [0.05, 0.1) is 25.4 Å². The lowest BCUT2D eigenvalue weighted by Crippen LogP contribution is -2.37. The highest BCUT2D eigenvalue weighted by atomic mass is 16.3. The topological polar surface area (TPSA) is 76.0 Å². The molecule has 0 bridgehead atoms. The number of aliphatic hydroxyl groups excluding tert-OH is 3. The van der Waals surface area contributed by atoms with Crippen LogP contribution in [0.15, 0.2) is 24.3 Å². The third-order valence-corrected chi connectivity index (χ3v) is 4.15. The highest BCUT2D eigenvalue weighted by Crippen LogP contribution is 2.22. The number of rotatable bonds is 6.